The molecule has 0 amide bonds. The quantitative estimate of drug-likeness (QED) is 0.289. The number of hydrogen-bond acceptors (Lipinski definition) is 0. The van der Waals surface area contributed by atoms with Gasteiger partial charge in [-0.3, -0.25) is 0 Å². The van der Waals surface area contributed by atoms with Gasteiger partial charge in [0.25, 0.3) is 0 Å². The third-order valence-electron chi connectivity index (χ3n) is 0. The zero-order valence-electron chi connectivity index (χ0n) is 4.84. The maximum absolute atomic E-state index is 0. The summed E-state index contributed by atoms with van der Waals surface area (Å²) in [5.74, 6) is 0. The fourth-order valence-corrected chi connectivity index (χ4v) is 0. The van der Waals surface area contributed by atoms with Crippen LogP contribution in [0.5, 0.6) is 0 Å². The topological polar surface area (TPSA) is 189 Å². The standard InChI is InChI=1S/3ClH.2Gd.6H2O/h3*1H;;;6*1H2/q;;;;+3;;;;;;/p-3. The van der Waals surface area contributed by atoms with E-state index in [0.29, 0.717) is 0 Å². The molecule has 0 aromatic carbocycles. The average molecular weight is 529 g/mol. The van der Waals surface area contributed by atoms with Gasteiger partial charge in [0.2, 0.25) is 0 Å². The van der Waals surface area contributed by atoms with Gasteiger partial charge in [-0.15, -0.1) is 0 Å². The number of rotatable bonds is 0. The van der Waals surface area contributed by atoms with E-state index in [-0.39, 0.29) is 150 Å². The van der Waals surface area contributed by atoms with Crippen LogP contribution in [0.4, 0.5) is 0 Å². The van der Waals surface area contributed by atoms with E-state index in [9.17, 15) is 0 Å². The summed E-state index contributed by atoms with van der Waals surface area (Å²) in [5, 5.41) is 0. The van der Waals surface area contributed by atoms with Crippen molar-refractivity contribution in [3.05, 3.63) is 0 Å². The van der Waals surface area contributed by atoms with E-state index in [4.69, 9.17) is 0 Å². The first-order valence-corrected chi connectivity index (χ1v) is 0. The van der Waals surface area contributed by atoms with Gasteiger partial charge in [0.1, 0.15) is 0 Å². The summed E-state index contributed by atoms with van der Waals surface area (Å²) in [6.07, 6.45) is 0. The minimum atomic E-state index is 0. The van der Waals surface area contributed by atoms with Gasteiger partial charge in [-0.05, 0) is 0 Å². The Morgan fingerprint density at radius 2 is 0.364 bits per heavy atom. The molecule has 11 heavy (non-hydrogen) atoms. The molecule has 0 unspecified atom stereocenters. The van der Waals surface area contributed by atoms with Gasteiger partial charge in [-0.1, -0.05) is 0 Å². The zero-order valence-corrected chi connectivity index (χ0v) is 11.6. The van der Waals surface area contributed by atoms with Crippen molar-refractivity contribution in [2.24, 2.45) is 0 Å². The molecule has 0 atom stereocenters. The van der Waals surface area contributed by atoms with Crippen LogP contribution in [0.1, 0.15) is 0 Å². The van der Waals surface area contributed by atoms with Crippen LogP contribution < -0.4 is 37.2 Å². The Hall–Kier alpha value is 3.28. The van der Waals surface area contributed by atoms with Crippen molar-refractivity contribution in [3.63, 3.8) is 0 Å². The minimum absolute atomic E-state index is 0. The summed E-state index contributed by atoms with van der Waals surface area (Å²) in [7, 11) is 0. The van der Waals surface area contributed by atoms with Crippen LogP contribution in [0.15, 0.2) is 0 Å². The Bertz CT molecular complexity index is 15.8. The van der Waals surface area contributed by atoms with Crippen LogP contribution >= 0.6 is 0 Å². The monoisotopic (exact) mass is 529 g/mol. The second kappa shape index (κ2) is 186. The molecular formula is H12Cl3Gd2O6. The fourth-order valence-electron chi connectivity index (χ4n) is 0. The van der Waals surface area contributed by atoms with E-state index >= 15 is 0 Å². The van der Waals surface area contributed by atoms with Gasteiger partial charge in [0.15, 0.2) is 0 Å². The van der Waals surface area contributed by atoms with Gasteiger partial charge in [-0.2, -0.15) is 0 Å². The second-order valence-corrected chi connectivity index (χ2v) is 0. The summed E-state index contributed by atoms with van der Waals surface area (Å²) in [4.78, 5) is 0. The molecule has 0 bridgehead atoms. The Kier molecular flexibility index (Phi) is 3960. The van der Waals surface area contributed by atoms with Gasteiger partial charge < -0.3 is 70.1 Å². The molecule has 11 heteroatoms. The molecule has 0 aliphatic carbocycles. The molecule has 0 spiro atoms. The van der Waals surface area contributed by atoms with E-state index < -0.39 is 0 Å². The van der Waals surface area contributed by atoms with Crippen LogP contribution in [0.2, 0.25) is 0 Å². The molecule has 0 aromatic rings. The summed E-state index contributed by atoms with van der Waals surface area (Å²) < 4.78 is 0. The van der Waals surface area contributed by atoms with Crippen LogP contribution in [-0.4, -0.2) is 32.9 Å². The largest absolute Gasteiger partial charge is 3.00 e. The molecule has 0 fully saturated rings. The van der Waals surface area contributed by atoms with Gasteiger partial charge >= 0.3 is 39.9 Å². The van der Waals surface area contributed by atoms with E-state index in [1.165, 1.54) is 0 Å². The molecule has 1 radical (unpaired) electrons. The zero-order chi connectivity index (χ0) is 0. The Balaban J connectivity index is 0. The number of hydrogen-bond donors (Lipinski definition) is 0. The summed E-state index contributed by atoms with van der Waals surface area (Å²) in [5.41, 5.74) is 0. The first-order chi connectivity index (χ1) is 0. The molecule has 0 aromatic heterocycles. The van der Waals surface area contributed by atoms with Crippen molar-refractivity contribution < 1.29 is 150 Å². The Labute approximate surface area is 147 Å². The summed E-state index contributed by atoms with van der Waals surface area (Å²) in [6.45, 7) is 0. The average Bonchev–Trinajstić information content (AvgIpc) is 0. The molecule has 0 aliphatic rings. The minimum Gasteiger partial charge on any atom is -1.00 e. The van der Waals surface area contributed by atoms with Crippen molar-refractivity contribution in [1.82, 2.24) is 0 Å². The predicted octanol–water partition coefficient (Wildman–Crippen LogP) is -13.9. The molecule has 0 heterocycles. The Morgan fingerprint density at radius 3 is 0.364 bits per heavy atom. The molecule has 0 saturated carbocycles. The second-order valence-electron chi connectivity index (χ2n) is 0. The first kappa shape index (κ1) is 234. The van der Waals surface area contributed by atoms with E-state index in [2.05, 4.69) is 0 Å². The van der Waals surface area contributed by atoms with Crippen molar-refractivity contribution in [2.45, 2.75) is 0 Å². The van der Waals surface area contributed by atoms with Crippen LogP contribution in [0.25, 0.3) is 0 Å². The van der Waals surface area contributed by atoms with Crippen LogP contribution in [0.3, 0.4) is 0 Å². The SMILES string of the molecule is O.O.O.O.O.O.[Cl-].[Cl-].[Cl-].[Gd+3].[Gd]. The fraction of sp³-hybridized carbons (Fsp3) is 0. The molecular weight excluding hydrogens is 517 g/mol. The van der Waals surface area contributed by atoms with Crippen LogP contribution in [-0.2, 0) is 0 Å². The van der Waals surface area contributed by atoms with E-state index in [1.54, 1.807) is 0 Å². The van der Waals surface area contributed by atoms with E-state index in [0.717, 1.165) is 0 Å². The Morgan fingerprint density at radius 1 is 0.364 bits per heavy atom. The summed E-state index contributed by atoms with van der Waals surface area (Å²) >= 11 is 0. The van der Waals surface area contributed by atoms with Crippen molar-refractivity contribution in [2.75, 3.05) is 0 Å². The van der Waals surface area contributed by atoms with Crippen LogP contribution in [0, 0.1) is 79.9 Å². The molecule has 0 saturated heterocycles. The maximum atomic E-state index is 0. The van der Waals surface area contributed by atoms with E-state index in [1.807, 2.05) is 0 Å². The molecule has 85 valence electrons. The third-order valence-corrected chi connectivity index (χ3v) is 0. The van der Waals surface area contributed by atoms with Gasteiger partial charge in [0, 0.05) is 39.9 Å². The molecule has 0 rings (SSSR count). The molecule has 6 nitrogen and oxygen atoms in total. The molecule has 12 N–H and O–H groups in total. The van der Waals surface area contributed by atoms with Gasteiger partial charge in [0.05, 0.1) is 0 Å². The van der Waals surface area contributed by atoms with Crippen molar-refractivity contribution in [3.8, 4) is 0 Å². The molecule has 0 aliphatic heterocycles. The smallest absolute Gasteiger partial charge is 1.00 e. The normalized spacial score (nSPS) is 0. The first-order valence-electron chi connectivity index (χ1n) is 0. The summed E-state index contributed by atoms with van der Waals surface area (Å²) in [6, 6.07) is 0. The number of halogens is 3. The van der Waals surface area contributed by atoms with Crippen molar-refractivity contribution in [1.29, 1.82) is 0 Å². The predicted molar refractivity (Wildman–Crippen MR) is 21.7 cm³/mol. The van der Waals surface area contributed by atoms with Gasteiger partial charge in [-0.25, -0.2) is 0 Å². The van der Waals surface area contributed by atoms with Crippen molar-refractivity contribution >= 4 is 0 Å². The third kappa shape index (κ3) is 157. The maximum Gasteiger partial charge on any atom is 3.00 e.